The summed E-state index contributed by atoms with van der Waals surface area (Å²) in [4.78, 5) is 20.1. The van der Waals surface area contributed by atoms with Gasteiger partial charge >= 0.3 is 11.9 Å². The summed E-state index contributed by atoms with van der Waals surface area (Å²) < 4.78 is 42.1. The first-order valence-electron chi connectivity index (χ1n) is 4.98. The third-order valence-electron chi connectivity index (χ3n) is 2.09. The molecule has 6 nitrogen and oxygen atoms in total. The van der Waals surface area contributed by atoms with Gasteiger partial charge in [0.15, 0.2) is 5.75 Å². The van der Waals surface area contributed by atoms with Gasteiger partial charge in [-0.15, -0.1) is 0 Å². The van der Waals surface area contributed by atoms with E-state index in [9.17, 15) is 28.1 Å². The van der Waals surface area contributed by atoms with Crippen molar-refractivity contribution in [2.24, 2.45) is 5.73 Å². The molecule has 0 saturated heterocycles. The molecule has 1 rings (SSSR count). The van der Waals surface area contributed by atoms with E-state index < -0.39 is 28.3 Å². The summed E-state index contributed by atoms with van der Waals surface area (Å²) >= 11 is 0. The third kappa shape index (κ3) is 4.12. The molecule has 0 aliphatic heterocycles. The van der Waals surface area contributed by atoms with Gasteiger partial charge in [-0.25, -0.2) is 0 Å². The summed E-state index contributed by atoms with van der Waals surface area (Å²) in [6.07, 6.45) is -4.88. The summed E-state index contributed by atoms with van der Waals surface area (Å²) in [6, 6.07) is 1.87. The quantitative estimate of drug-likeness (QED) is 0.656. The minimum Gasteiger partial charge on any atom is -0.486 e. The Hall–Kier alpha value is -2.32. The number of rotatable bonds is 5. The number of hydrogen-bond acceptors (Lipinski definition) is 4. The fourth-order valence-electron chi connectivity index (χ4n) is 1.22. The monoisotopic (exact) mass is 278 g/mol. The maximum Gasteiger partial charge on any atom is 0.416 e. The molecule has 0 radical (unpaired) electrons. The van der Waals surface area contributed by atoms with E-state index in [4.69, 9.17) is 10.5 Å². The van der Waals surface area contributed by atoms with Crippen LogP contribution >= 0.6 is 0 Å². The van der Waals surface area contributed by atoms with Gasteiger partial charge in [0.2, 0.25) is 5.91 Å². The standard InChI is InChI=1S/C10H9F3N2O4/c11-10(12,13)6-1-2-8(7(5-6)15(17)18)19-4-3-9(14)16/h1-2,5H,3-4H2,(H2,14,16). The van der Waals surface area contributed by atoms with Crippen LogP contribution < -0.4 is 10.5 Å². The van der Waals surface area contributed by atoms with Gasteiger partial charge in [-0.3, -0.25) is 14.9 Å². The van der Waals surface area contributed by atoms with Gasteiger partial charge in [0.25, 0.3) is 0 Å². The number of alkyl halides is 3. The Labute approximate surface area is 105 Å². The van der Waals surface area contributed by atoms with E-state index >= 15 is 0 Å². The van der Waals surface area contributed by atoms with Gasteiger partial charge in [0.05, 0.1) is 23.5 Å². The fourth-order valence-corrected chi connectivity index (χ4v) is 1.22. The van der Waals surface area contributed by atoms with Crippen molar-refractivity contribution in [3.8, 4) is 5.75 Å². The number of ether oxygens (including phenoxy) is 1. The molecule has 9 heteroatoms. The van der Waals surface area contributed by atoms with Crippen LogP contribution in [0.15, 0.2) is 18.2 Å². The molecule has 0 bridgehead atoms. The van der Waals surface area contributed by atoms with Crippen molar-refractivity contribution in [3.63, 3.8) is 0 Å². The van der Waals surface area contributed by atoms with E-state index in [0.29, 0.717) is 12.1 Å². The average molecular weight is 278 g/mol. The Morgan fingerprint density at radius 3 is 2.53 bits per heavy atom. The molecule has 104 valence electrons. The van der Waals surface area contributed by atoms with E-state index in [2.05, 4.69) is 0 Å². The molecule has 0 saturated carbocycles. The van der Waals surface area contributed by atoms with Gasteiger partial charge in [0.1, 0.15) is 0 Å². The molecule has 1 amide bonds. The second kappa shape index (κ2) is 5.55. The van der Waals surface area contributed by atoms with Gasteiger partial charge in [-0.05, 0) is 12.1 Å². The Kier molecular flexibility index (Phi) is 4.30. The second-order valence-electron chi connectivity index (χ2n) is 3.50. The van der Waals surface area contributed by atoms with E-state index in [1.807, 2.05) is 0 Å². The number of nitro groups is 1. The van der Waals surface area contributed by atoms with Crippen LogP contribution in [0, 0.1) is 10.1 Å². The highest BCUT2D eigenvalue weighted by molar-refractivity contribution is 5.73. The molecule has 0 aliphatic carbocycles. The van der Waals surface area contributed by atoms with Crippen molar-refractivity contribution >= 4 is 11.6 Å². The van der Waals surface area contributed by atoms with Gasteiger partial charge in [-0.1, -0.05) is 0 Å². The normalized spacial score (nSPS) is 11.1. The lowest BCUT2D eigenvalue weighted by Gasteiger charge is -2.09. The molecule has 2 N–H and O–H groups in total. The van der Waals surface area contributed by atoms with E-state index in [0.717, 1.165) is 6.07 Å². The highest BCUT2D eigenvalue weighted by Gasteiger charge is 2.33. The summed E-state index contributed by atoms with van der Waals surface area (Å²) in [5, 5.41) is 10.7. The number of amides is 1. The highest BCUT2D eigenvalue weighted by atomic mass is 19.4. The molecular formula is C10H9F3N2O4. The molecule has 0 unspecified atom stereocenters. The zero-order valence-electron chi connectivity index (χ0n) is 9.44. The zero-order valence-corrected chi connectivity index (χ0v) is 9.44. The second-order valence-corrected chi connectivity index (χ2v) is 3.50. The Bertz CT molecular complexity index is 502. The number of carbonyl (C=O) groups is 1. The van der Waals surface area contributed by atoms with Crippen molar-refractivity contribution in [2.75, 3.05) is 6.61 Å². The first-order valence-corrected chi connectivity index (χ1v) is 4.98. The van der Waals surface area contributed by atoms with Crippen molar-refractivity contribution in [2.45, 2.75) is 12.6 Å². The van der Waals surface area contributed by atoms with E-state index in [-0.39, 0.29) is 18.8 Å². The molecule has 1 aromatic rings. The predicted molar refractivity (Wildman–Crippen MR) is 57.4 cm³/mol. The SMILES string of the molecule is NC(=O)CCOc1ccc(C(F)(F)F)cc1[N+](=O)[O-]. The molecule has 1 aromatic carbocycles. The van der Waals surface area contributed by atoms with Crippen LogP contribution in [-0.4, -0.2) is 17.4 Å². The number of halogens is 3. The molecular weight excluding hydrogens is 269 g/mol. The molecule has 0 aliphatic rings. The number of nitrogens with zero attached hydrogens (tertiary/aromatic N) is 1. The smallest absolute Gasteiger partial charge is 0.416 e. The number of nitrogens with two attached hydrogens (primary N) is 1. The molecule has 0 aromatic heterocycles. The summed E-state index contributed by atoms with van der Waals surface area (Å²) in [5.41, 5.74) is 2.86. The Balaban J connectivity index is 2.99. The van der Waals surface area contributed by atoms with Crippen molar-refractivity contribution < 1.29 is 27.6 Å². The van der Waals surface area contributed by atoms with Gasteiger partial charge < -0.3 is 10.5 Å². The third-order valence-corrected chi connectivity index (χ3v) is 2.09. The molecule has 0 fully saturated rings. The molecule has 19 heavy (non-hydrogen) atoms. The minimum atomic E-state index is -4.68. The van der Waals surface area contributed by atoms with Gasteiger partial charge in [-0.2, -0.15) is 13.2 Å². The van der Waals surface area contributed by atoms with Crippen LogP contribution in [0.1, 0.15) is 12.0 Å². The van der Waals surface area contributed by atoms with E-state index in [1.54, 1.807) is 0 Å². The molecule has 0 atom stereocenters. The number of benzene rings is 1. The topological polar surface area (TPSA) is 95.5 Å². The lowest BCUT2D eigenvalue weighted by molar-refractivity contribution is -0.386. The van der Waals surface area contributed by atoms with Crippen LogP contribution in [-0.2, 0) is 11.0 Å². The summed E-state index contributed by atoms with van der Waals surface area (Å²) in [6.45, 7) is -0.248. The van der Waals surface area contributed by atoms with Crippen molar-refractivity contribution in [1.29, 1.82) is 0 Å². The predicted octanol–water partition coefficient (Wildman–Crippen LogP) is 1.87. The Morgan fingerprint density at radius 1 is 1.42 bits per heavy atom. The zero-order chi connectivity index (χ0) is 14.6. The van der Waals surface area contributed by atoms with Crippen LogP contribution in [0.25, 0.3) is 0 Å². The van der Waals surface area contributed by atoms with E-state index in [1.165, 1.54) is 0 Å². The van der Waals surface area contributed by atoms with Crippen LogP contribution in [0.5, 0.6) is 5.75 Å². The van der Waals surface area contributed by atoms with Crippen LogP contribution in [0.3, 0.4) is 0 Å². The highest BCUT2D eigenvalue weighted by Crippen LogP contribution is 2.35. The minimum absolute atomic E-state index is 0.196. The lowest BCUT2D eigenvalue weighted by Crippen LogP contribution is -2.15. The first kappa shape index (κ1) is 14.7. The largest absolute Gasteiger partial charge is 0.486 e. The Morgan fingerprint density at radius 2 is 2.05 bits per heavy atom. The number of hydrogen-bond donors (Lipinski definition) is 1. The van der Waals surface area contributed by atoms with Crippen LogP contribution in [0.2, 0.25) is 0 Å². The van der Waals surface area contributed by atoms with Crippen molar-refractivity contribution in [1.82, 2.24) is 0 Å². The average Bonchev–Trinajstić information content (AvgIpc) is 2.27. The number of nitro benzene ring substituents is 1. The number of carbonyl (C=O) groups excluding carboxylic acids is 1. The molecule has 0 spiro atoms. The maximum absolute atomic E-state index is 12.4. The maximum atomic E-state index is 12.4. The van der Waals surface area contributed by atoms with Crippen molar-refractivity contribution in [3.05, 3.63) is 33.9 Å². The van der Waals surface area contributed by atoms with Crippen LogP contribution in [0.4, 0.5) is 18.9 Å². The molecule has 0 heterocycles. The first-order chi connectivity index (χ1) is 8.71. The fraction of sp³-hybridized carbons (Fsp3) is 0.300. The summed E-state index contributed by atoms with van der Waals surface area (Å²) in [7, 11) is 0. The van der Waals surface area contributed by atoms with Gasteiger partial charge in [0, 0.05) is 6.07 Å². The summed E-state index contributed by atoms with van der Waals surface area (Å²) in [5.74, 6) is -1.03. The lowest BCUT2D eigenvalue weighted by atomic mass is 10.2. The number of primary amides is 1.